The average Bonchev–Trinajstić information content (AvgIpc) is 3.17. The number of carbonyl (C=O) groups is 1. The first-order chi connectivity index (χ1) is 13.7. The number of fused-ring (bicyclic) bond motifs is 1. The van der Waals surface area contributed by atoms with Gasteiger partial charge >= 0.3 is 0 Å². The van der Waals surface area contributed by atoms with Gasteiger partial charge in [0.05, 0.1) is 11.9 Å². The second-order valence-electron chi connectivity index (χ2n) is 6.54. The van der Waals surface area contributed by atoms with Crippen LogP contribution in [0.4, 0.5) is 11.5 Å². The molecule has 7 heteroatoms. The van der Waals surface area contributed by atoms with E-state index < -0.39 is 0 Å². The highest BCUT2D eigenvalue weighted by atomic mass is 79.9. The van der Waals surface area contributed by atoms with Gasteiger partial charge in [0.1, 0.15) is 23.0 Å². The van der Waals surface area contributed by atoms with Crippen molar-refractivity contribution in [3.05, 3.63) is 71.5 Å². The van der Waals surface area contributed by atoms with Crippen molar-refractivity contribution in [2.45, 2.75) is 6.04 Å². The number of amides is 1. The Hall–Kier alpha value is -2.77. The van der Waals surface area contributed by atoms with Crippen LogP contribution in [0.3, 0.4) is 0 Å². The quantitative estimate of drug-likeness (QED) is 0.447. The summed E-state index contributed by atoms with van der Waals surface area (Å²) in [5.74, 6) is 0.754. The lowest BCUT2D eigenvalue weighted by Gasteiger charge is -2.39. The van der Waals surface area contributed by atoms with Crippen LogP contribution >= 0.6 is 27.3 Å². The van der Waals surface area contributed by atoms with Gasteiger partial charge in [0.2, 0.25) is 0 Å². The van der Waals surface area contributed by atoms with Crippen molar-refractivity contribution in [2.24, 2.45) is 0 Å². The highest BCUT2D eigenvalue weighted by Crippen LogP contribution is 2.35. The van der Waals surface area contributed by atoms with Gasteiger partial charge in [-0.25, -0.2) is 9.97 Å². The molecule has 0 aliphatic carbocycles. The molecular formula is C21H15BrN4OS. The Morgan fingerprint density at radius 2 is 1.86 bits per heavy atom. The molecule has 1 aliphatic rings. The Morgan fingerprint density at radius 3 is 2.61 bits per heavy atom. The lowest BCUT2D eigenvalue weighted by molar-refractivity contribution is -0.123. The number of benzene rings is 2. The van der Waals surface area contributed by atoms with Gasteiger partial charge in [0.15, 0.2) is 0 Å². The second-order valence-corrected chi connectivity index (χ2v) is 8.49. The Bertz CT molecular complexity index is 1160. The van der Waals surface area contributed by atoms with Crippen LogP contribution in [-0.2, 0) is 4.79 Å². The van der Waals surface area contributed by atoms with Crippen LogP contribution in [0.1, 0.15) is 0 Å². The van der Waals surface area contributed by atoms with Gasteiger partial charge in [-0.3, -0.25) is 4.79 Å². The van der Waals surface area contributed by atoms with E-state index in [0.717, 1.165) is 30.8 Å². The third kappa shape index (κ3) is 3.06. The zero-order valence-corrected chi connectivity index (χ0v) is 17.1. The molecule has 1 aliphatic heterocycles. The molecule has 4 aromatic rings. The van der Waals surface area contributed by atoms with E-state index in [1.807, 2.05) is 42.5 Å². The zero-order chi connectivity index (χ0) is 19.1. The number of nitrogens with zero attached hydrogens (tertiary/aromatic N) is 3. The molecule has 2 aromatic heterocycles. The van der Waals surface area contributed by atoms with Crippen LogP contribution in [0.2, 0.25) is 0 Å². The first-order valence-corrected chi connectivity index (χ1v) is 10.4. The predicted molar refractivity (Wildman–Crippen MR) is 117 cm³/mol. The largest absolute Gasteiger partial charge is 0.356 e. The fraction of sp³-hybridized carbons (Fsp3) is 0.0952. The molecule has 1 fully saturated rings. The maximum Gasteiger partial charge on any atom is 0.251 e. The molecule has 0 saturated carbocycles. The predicted octanol–water partition coefficient (Wildman–Crippen LogP) is 4.95. The molecule has 138 valence electrons. The van der Waals surface area contributed by atoms with E-state index in [1.54, 1.807) is 22.6 Å². The van der Waals surface area contributed by atoms with Gasteiger partial charge in [0.25, 0.3) is 5.91 Å². The Labute approximate surface area is 174 Å². The molecular weight excluding hydrogens is 436 g/mol. The van der Waals surface area contributed by atoms with Gasteiger partial charge in [-0.2, -0.15) is 0 Å². The third-order valence-corrected chi connectivity index (χ3v) is 6.39. The summed E-state index contributed by atoms with van der Waals surface area (Å²) in [5, 5.41) is 4.25. The molecule has 5 nitrogen and oxygen atoms in total. The molecule has 5 rings (SSSR count). The maximum atomic E-state index is 12.6. The number of halogens is 1. The van der Waals surface area contributed by atoms with E-state index in [9.17, 15) is 4.79 Å². The van der Waals surface area contributed by atoms with Gasteiger partial charge < -0.3 is 10.2 Å². The Morgan fingerprint density at radius 1 is 1.07 bits per heavy atom. The summed E-state index contributed by atoms with van der Waals surface area (Å²) in [7, 11) is 0. The summed E-state index contributed by atoms with van der Waals surface area (Å²) in [6, 6.07) is 19.8. The van der Waals surface area contributed by atoms with E-state index in [2.05, 4.69) is 49.4 Å². The van der Waals surface area contributed by atoms with Crippen LogP contribution in [0, 0.1) is 0 Å². The lowest BCUT2D eigenvalue weighted by atomic mass is 10.1. The normalized spacial score (nSPS) is 16.2. The van der Waals surface area contributed by atoms with E-state index in [4.69, 9.17) is 0 Å². The highest BCUT2D eigenvalue weighted by molar-refractivity contribution is 9.10. The third-order valence-electron chi connectivity index (χ3n) is 4.77. The van der Waals surface area contributed by atoms with Gasteiger partial charge in [-0.1, -0.05) is 46.3 Å². The summed E-state index contributed by atoms with van der Waals surface area (Å²) in [6.45, 7) is 0.613. The number of hydrogen-bond acceptors (Lipinski definition) is 5. The van der Waals surface area contributed by atoms with Crippen molar-refractivity contribution in [3.8, 4) is 10.4 Å². The number of rotatable bonds is 4. The van der Waals surface area contributed by atoms with Crippen molar-refractivity contribution >= 4 is 54.9 Å². The Kier molecular flexibility index (Phi) is 4.33. The maximum absolute atomic E-state index is 12.6. The van der Waals surface area contributed by atoms with Crippen LogP contribution in [0.15, 0.2) is 71.5 Å². The van der Waals surface area contributed by atoms with Crippen molar-refractivity contribution < 1.29 is 4.79 Å². The molecule has 1 atom stereocenters. The summed E-state index contributed by atoms with van der Waals surface area (Å²) in [5.41, 5.74) is 2.05. The standard InChI is InChI=1S/C21H15BrN4OS/c22-14-6-8-15(9-7-14)26-11-17(21(26)27)25-19-16-10-18(13-4-2-1-3-5-13)28-20(16)24-12-23-19/h1-10,12,17H,11H2,(H,23,24,25). The minimum absolute atomic E-state index is 0.0487. The van der Waals surface area contributed by atoms with Crippen LogP contribution in [0.5, 0.6) is 0 Å². The van der Waals surface area contributed by atoms with Crippen LogP contribution in [0.25, 0.3) is 20.7 Å². The van der Waals surface area contributed by atoms with E-state index >= 15 is 0 Å². The average molecular weight is 451 g/mol. The fourth-order valence-corrected chi connectivity index (χ4v) is 4.54. The van der Waals surface area contributed by atoms with Crippen molar-refractivity contribution in [3.63, 3.8) is 0 Å². The summed E-state index contributed by atoms with van der Waals surface area (Å²) in [6.07, 6.45) is 1.55. The summed E-state index contributed by atoms with van der Waals surface area (Å²) >= 11 is 5.04. The minimum atomic E-state index is -0.276. The minimum Gasteiger partial charge on any atom is -0.356 e. The number of β-lactam (4-membered cyclic amide) rings is 1. The molecule has 0 bridgehead atoms. The first kappa shape index (κ1) is 17.3. The summed E-state index contributed by atoms with van der Waals surface area (Å²) in [4.78, 5) is 25.2. The second kappa shape index (κ2) is 7.00. The van der Waals surface area contributed by atoms with Gasteiger partial charge in [-0.15, -0.1) is 11.3 Å². The monoisotopic (exact) mass is 450 g/mol. The number of carbonyl (C=O) groups excluding carboxylic acids is 1. The number of anilines is 2. The zero-order valence-electron chi connectivity index (χ0n) is 14.7. The first-order valence-electron chi connectivity index (χ1n) is 8.82. The van der Waals surface area contributed by atoms with Gasteiger partial charge in [-0.05, 0) is 35.9 Å². The Balaban J connectivity index is 1.38. The molecule has 1 N–H and O–H groups in total. The molecule has 1 saturated heterocycles. The SMILES string of the molecule is O=C1C(Nc2ncnc3sc(-c4ccccc4)cc23)CN1c1ccc(Br)cc1. The van der Waals surface area contributed by atoms with Crippen molar-refractivity contribution in [2.75, 3.05) is 16.8 Å². The van der Waals surface area contributed by atoms with E-state index in [0.29, 0.717) is 12.4 Å². The number of hydrogen-bond donors (Lipinski definition) is 1. The highest BCUT2D eigenvalue weighted by Gasteiger charge is 2.38. The fourth-order valence-electron chi connectivity index (χ4n) is 3.27. The van der Waals surface area contributed by atoms with Gasteiger partial charge in [0, 0.05) is 15.0 Å². The molecule has 2 aromatic carbocycles. The number of nitrogens with one attached hydrogen (secondary N) is 1. The number of thiophene rings is 1. The molecule has 3 heterocycles. The molecule has 1 amide bonds. The molecule has 1 unspecified atom stereocenters. The van der Waals surface area contributed by atoms with E-state index in [1.165, 1.54) is 0 Å². The smallest absolute Gasteiger partial charge is 0.251 e. The molecule has 0 radical (unpaired) electrons. The number of aromatic nitrogens is 2. The molecule has 0 spiro atoms. The topological polar surface area (TPSA) is 58.1 Å². The van der Waals surface area contributed by atoms with Crippen LogP contribution in [-0.4, -0.2) is 28.5 Å². The van der Waals surface area contributed by atoms with Crippen molar-refractivity contribution in [1.29, 1.82) is 0 Å². The lowest BCUT2D eigenvalue weighted by Crippen LogP contribution is -2.60. The van der Waals surface area contributed by atoms with Crippen LogP contribution < -0.4 is 10.2 Å². The van der Waals surface area contributed by atoms with E-state index in [-0.39, 0.29) is 11.9 Å². The summed E-state index contributed by atoms with van der Waals surface area (Å²) < 4.78 is 0.994. The molecule has 28 heavy (non-hydrogen) atoms. The van der Waals surface area contributed by atoms with Crippen molar-refractivity contribution in [1.82, 2.24) is 9.97 Å².